The molecule has 0 rings (SSSR count). The lowest BCUT2D eigenvalue weighted by Crippen LogP contribution is -2.57. The Kier molecular flexibility index (Phi) is 6.11. The molecule has 0 aliphatic rings. The molecule has 0 saturated carbocycles. The highest BCUT2D eigenvalue weighted by Gasteiger charge is 2.30. The molecule has 0 atom stereocenters. The summed E-state index contributed by atoms with van der Waals surface area (Å²) in [5.41, 5.74) is -0.894. The van der Waals surface area contributed by atoms with E-state index in [4.69, 9.17) is 9.47 Å². The standard InChI is InChI=1S/C9H17NO4/c1-4-8(12)10-9(5-11,6-13-2)7-14-3/h4,11H,1,5-7H2,2-3H3,(H,10,12). The Morgan fingerprint density at radius 3 is 2.29 bits per heavy atom. The SMILES string of the molecule is C=CC(=O)NC(CO)(COC)COC. The Morgan fingerprint density at radius 2 is 2.00 bits per heavy atom. The van der Waals surface area contributed by atoms with Crippen LogP contribution in [0.5, 0.6) is 0 Å². The van der Waals surface area contributed by atoms with Crippen LogP contribution in [0.4, 0.5) is 0 Å². The molecule has 0 fully saturated rings. The zero-order valence-electron chi connectivity index (χ0n) is 8.58. The Morgan fingerprint density at radius 1 is 1.50 bits per heavy atom. The summed E-state index contributed by atoms with van der Waals surface area (Å²) in [6, 6.07) is 0. The van der Waals surface area contributed by atoms with E-state index in [9.17, 15) is 9.90 Å². The first kappa shape index (κ1) is 13.1. The third-order valence-corrected chi connectivity index (χ3v) is 1.72. The van der Waals surface area contributed by atoms with E-state index in [2.05, 4.69) is 11.9 Å². The first-order valence-electron chi connectivity index (χ1n) is 4.17. The molecule has 2 N–H and O–H groups in total. The van der Waals surface area contributed by atoms with E-state index >= 15 is 0 Å². The molecule has 1 amide bonds. The van der Waals surface area contributed by atoms with Gasteiger partial charge in [0, 0.05) is 14.2 Å². The van der Waals surface area contributed by atoms with Crippen LogP contribution in [-0.2, 0) is 14.3 Å². The van der Waals surface area contributed by atoms with Crippen LogP contribution in [0.15, 0.2) is 12.7 Å². The van der Waals surface area contributed by atoms with Crippen LogP contribution in [0.1, 0.15) is 0 Å². The van der Waals surface area contributed by atoms with Crippen LogP contribution >= 0.6 is 0 Å². The van der Waals surface area contributed by atoms with Gasteiger partial charge in [0.05, 0.1) is 19.8 Å². The summed E-state index contributed by atoms with van der Waals surface area (Å²) in [6.07, 6.45) is 1.13. The molecule has 0 aliphatic heterocycles. The molecule has 5 nitrogen and oxygen atoms in total. The number of aliphatic hydroxyl groups is 1. The fraction of sp³-hybridized carbons (Fsp3) is 0.667. The number of rotatable bonds is 7. The number of carbonyl (C=O) groups is 1. The minimum atomic E-state index is -0.894. The monoisotopic (exact) mass is 203 g/mol. The molecule has 0 unspecified atom stereocenters. The first-order chi connectivity index (χ1) is 6.64. The molecule has 0 aliphatic carbocycles. The minimum absolute atomic E-state index is 0.178. The molecule has 0 bridgehead atoms. The molecule has 14 heavy (non-hydrogen) atoms. The maximum Gasteiger partial charge on any atom is 0.244 e. The van der Waals surface area contributed by atoms with Gasteiger partial charge in [-0.05, 0) is 6.08 Å². The van der Waals surface area contributed by atoms with E-state index in [1.54, 1.807) is 0 Å². The average molecular weight is 203 g/mol. The van der Waals surface area contributed by atoms with Gasteiger partial charge in [0.2, 0.25) is 5.91 Å². The van der Waals surface area contributed by atoms with E-state index in [1.165, 1.54) is 14.2 Å². The molecule has 82 valence electrons. The smallest absolute Gasteiger partial charge is 0.244 e. The van der Waals surface area contributed by atoms with E-state index in [1.807, 2.05) is 0 Å². The average Bonchev–Trinajstić information content (AvgIpc) is 2.18. The third kappa shape index (κ3) is 3.87. The summed E-state index contributed by atoms with van der Waals surface area (Å²) in [4.78, 5) is 11.1. The quantitative estimate of drug-likeness (QED) is 0.538. The maximum absolute atomic E-state index is 11.1. The zero-order valence-corrected chi connectivity index (χ0v) is 8.58. The van der Waals surface area contributed by atoms with Crippen LogP contribution < -0.4 is 5.32 Å². The van der Waals surface area contributed by atoms with E-state index in [-0.39, 0.29) is 25.7 Å². The Bertz CT molecular complexity index is 187. The zero-order chi connectivity index (χ0) is 11.0. The Balaban J connectivity index is 4.46. The minimum Gasteiger partial charge on any atom is -0.394 e. The summed E-state index contributed by atoms with van der Waals surface area (Å²) >= 11 is 0. The molecular formula is C9H17NO4. The van der Waals surface area contributed by atoms with Crippen molar-refractivity contribution >= 4 is 5.91 Å². The molecule has 0 saturated heterocycles. The molecule has 0 spiro atoms. The molecule has 0 radical (unpaired) electrons. The molecule has 5 heteroatoms. The second-order valence-corrected chi connectivity index (χ2v) is 3.00. The van der Waals surface area contributed by atoms with Crippen molar-refractivity contribution in [1.29, 1.82) is 0 Å². The lowest BCUT2D eigenvalue weighted by molar-refractivity contribution is -0.121. The number of methoxy groups -OCH3 is 2. The van der Waals surface area contributed by atoms with Crippen LogP contribution in [0.2, 0.25) is 0 Å². The fourth-order valence-electron chi connectivity index (χ4n) is 1.11. The summed E-state index contributed by atoms with van der Waals surface area (Å²) in [7, 11) is 2.97. The third-order valence-electron chi connectivity index (χ3n) is 1.72. The molecule has 0 heterocycles. The number of ether oxygens (including phenoxy) is 2. The van der Waals surface area contributed by atoms with Crippen molar-refractivity contribution in [2.75, 3.05) is 34.0 Å². The number of hydrogen-bond donors (Lipinski definition) is 2. The van der Waals surface area contributed by atoms with Gasteiger partial charge >= 0.3 is 0 Å². The molecule has 0 aromatic carbocycles. The number of aliphatic hydroxyl groups excluding tert-OH is 1. The second kappa shape index (κ2) is 6.53. The summed E-state index contributed by atoms with van der Waals surface area (Å²) in [5, 5.41) is 11.7. The molecular weight excluding hydrogens is 186 g/mol. The fourth-order valence-corrected chi connectivity index (χ4v) is 1.11. The van der Waals surface area contributed by atoms with Crippen molar-refractivity contribution in [3.63, 3.8) is 0 Å². The van der Waals surface area contributed by atoms with Crippen molar-refractivity contribution in [3.05, 3.63) is 12.7 Å². The van der Waals surface area contributed by atoms with E-state index in [0.717, 1.165) is 6.08 Å². The lowest BCUT2D eigenvalue weighted by atomic mass is 10.0. The van der Waals surface area contributed by atoms with Gasteiger partial charge in [0.15, 0.2) is 0 Å². The Hall–Kier alpha value is -0.910. The van der Waals surface area contributed by atoms with Crippen LogP contribution in [0.3, 0.4) is 0 Å². The van der Waals surface area contributed by atoms with Crippen LogP contribution in [-0.4, -0.2) is 50.6 Å². The van der Waals surface area contributed by atoms with Crippen molar-refractivity contribution in [3.8, 4) is 0 Å². The van der Waals surface area contributed by atoms with Gasteiger partial charge in [-0.2, -0.15) is 0 Å². The lowest BCUT2D eigenvalue weighted by Gasteiger charge is -2.30. The second-order valence-electron chi connectivity index (χ2n) is 3.00. The van der Waals surface area contributed by atoms with Gasteiger partial charge in [0.1, 0.15) is 5.54 Å². The largest absolute Gasteiger partial charge is 0.394 e. The van der Waals surface area contributed by atoms with E-state index < -0.39 is 5.54 Å². The van der Waals surface area contributed by atoms with Crippen LogP contribution in [0.25, 0.3) is 0 Å². The first-order valence-corrected chi connectivity index (χ1v) is 4.17. The highest BCUT2D eigenvalue weighted by Crippen LogP contribution is 2.05. The van der Waals surface area contributed by atoms with Crippen molar-refractivity contribution in [2.24, 2.45) is 0 Å². The van der Waals surface area contributed by atoms with Gasteiger partial charge in [-0.15, -0.1) is 0 Å². The topological polar surface area (TPSA) is 67.8 Å². The van der Waals surface area contributed by atoms with Crippen molar-refractivity contribution in [2.45, 2.75) is 5.54 Å². The van der Waals surface area contributed by atoms with Gasteiger partial charge < -0.3 is 19.9 Å². The Labute approximate surface area is 83.7 Å². The summed E-state index contributed by atoms with van der Waals surface area (Å²) in [6.45, 7) is 3.42. The normalized spacial score (nSPS) is 11.1. The van der Waals surface area contributed by atoms with Crippen LogP contribution in [0, 0.1) is 0 Å². The van der Waals surface area contributed by atoms with Gasteiger partial charge in [0.25, 0.3) is 0 Å². The summed E-state index contributed by atoms with van der Waals surface area (Å²) in [5.74, 6) is -0.367. The maximum atomic E-state index is 11.1. The molecule has 0 aromatic heterocycles. The number of amides is 1. The van der Waals surface area contributed by atoms with Crippen molar-refractivity contribution < 1.29 is 19.4 Å². The predicted molar refractivity (Wildman–Crippen MR) is 51.9 cm³/mol. The van der Waals surface area contributed by atoms with Gasteiger partial charge in [-0.3, -0.25) is 4.79 Å². The highest BCUT2D eigenvalue weighted by atomic mass is 16.5. The number of carbonyl (C=O) groups excluding carboxylic acids is 1. The molecule has 0 aromatic rings. The van der Waals surface area contributed by atoms with Gasteiger partial charge in [-0.25, -0.2) is 0 Å². The summed E-state index contributed by atoms with van der Waals surface area (Å²) < 4.78 is 9.81. The van der Waals surface area contributed by atoms with E-state index in [0.29, 0.717) is 0 Å². The number of nitrogens with one attached hydrogen (secondary N) is 1. The number of hydrogen-bond acceptors (Lipinski definition) is 4. The highest BCUT2D eigenvalue weighted by molar-refractivity contribution is 5.87. The van der Waals surface area contributed by atoms with Crippen molar-refractivity contribution in [1.82, 2.24) is 5.32 Å². The predicted octanol–water partition coefficient (Wildman–Crippen LogP) is -0.687. The van der Waals surface area contributed by atoms with Gasteiger partial charge in [-0.1, -0.05) is 6.58 Å².